The number of hydrogen-bond acceptors (Lipinski definition) is 4. The van der Waals surface area contributed by atoms with Crippen molar-refractivity contribution < 1.29 is 17.5 Å². The number of nitrogen functional groups attached to an aromatic ring is 1. The Morgan fingerprint density at radius 3 is 2.67 bits per heavy atom. The van der Waals surface area contributed by atoms with Gasteiger partial charge < -0.3 is 10.5 Å². The lowest BCUT2D eigenvalue weighted by atomic mass is 10.1. The molecule has 2 atom stereocenters. The SMILES string of the molecule is COC1CCCC1NS(=O)(=O)c1c(C)cc(F)c(N)c1C. The minimum Gasteiger partial charge on any atom is -0.396 e. The molecule has 3 N–H and O–H groups in total. The molecule has 0 aliphatic heterocycles. The summed E-state index contributed by atoms with van der Waals surface area (Å²) >= 11 is 0. The number of anilines is 1. The summed E-state index contributed by atoms with van der Waals surface area (Å²) in [5.74, 6) is -0.598. The molecule has 2 unspecified atom stereocenters. The fourth-order valence-electron chi connectivity index (χ4n) is 2.95. The summed E-state index contributed by atoms with van der Waals surface area (Å²) in [5, 5.41) is 0. The maximum atomic E-state index is 13.6. The van der Waals surface area contributed by atoms with Crippen LogP contribution in [-0.4, -0.2) is 27.7 Å². The first-order valence-corrected chi connectivity index (χ1v) is 8.36. The van der Waals surface area contributed by atoms with Gasteiger partial charge in [-0.25, -0.2) is 17.5 Å². The van der Waals surface area contributed by atoms with Crippen molar-refractivity contribution in [1.29, 1.82) is 0 Å². The number of ether oxygens (including phenoxy) is 1. The van der Waals surface area contributed by atoms with E-state index in [0.717, 1.165) is 25.3 Å². The zero-order chi connectivity index (χ0) is 15.8. The van der Waals surface area contributed by atoms with Gasteiger partial charge >= 0.3 is 0 Å². The minimum atomic E-state index is -3.76. The Morgan fingerprint density at radius 2 is 2.05 bits per heavy atom. The normalized spacial score (nSPS) is 22.7. The Labute approximate surface area is 124 Å². The van der Waals surface area contributed by atoms with Crippen molar-refractivity contribution in [2.75, 3.05) is 12.8 Å². The first kappa shape index (κ1) is 16.2. The van der Waals surface area contributed by atoms with Gasteiger partial charge in [0.1, 0.15) is 5.82 Å². The van der Waals surface area contributed by atoms with E-state index in [-0.39, 0.29) is 28.3 Å². The Kier molecular flexibility index (Phi) is 4.55. The summed E-state index contributed by atoms with van der Waals surface area (Å²) < 4.78 is 46.8. The highest BCUT2D eigenvalue weighted by molar-refractivity contribution is 7.89. The van der Waals surface area contributed by atoms with Gasteiger partial charge in [0, 0.05) is 13.2 Å². The molecule has 1 saturated carbocycles. The molecule has 0 radical (unpaired) electrons. The molecule has 0 spiro atoms. The van der Waals surface area contributed by atoms with Crippen molar-refractivity contribution in [3.8, 4) is 0 Å². The van der Waals surface area contributed by atoms with Crippen LogP contribution in [-0.2, 0) is 14.8 Å². The average Bonchev–Trinajstić information content (AvgIpc) is 2.82. The number of nitrogens with two attached hydrogens (primary N) is 1. The smallest absolute Gasteiger partial charge is 0.241 e. The van der Waals surface area contributed by atoms with Crippen LogP contribution >= 0.6 is 0 Å². The van der Waals surface area contributed by atoms with E-state index in [0.29, 0.717) is 5.56 Å². The van der Waals surface area contributed by atoms with Crippen molar-refractivity contribution in [3.05, 3.63) is 23.0 Å². The first-order chi connectivity index (χ1) is 9.77. The first-order valence-electron chi connectivity index (χ1n) is 6.88. The zero-order valence-corrected chi connectivity index (χ0v) is 13.3. The van der Waals surface area contributed by atoms with Gasteiger partial charge in [-0.05, 0) is 50.3 Å². The Balaban J connectivity index is 2.39. The zero-order valence-electron chi connectivity index (χ0n) is 12.4. The summed E-state index contributed by atoms with van der Waals surface area (Å²) in [6, 6.07) is 0.893. The van der Waals surface area contributed by atoms with Gasteiger partial charge in [0.2, 0.25) is 10.0 Å². The van der Waals surface area contributed by atoms with Crippen LogP contribution in [0.3, 0.4) is 0 Å². The van der Waals surface area contributed by atoms with Crippen LogP contribution in [0.25, 0.3) is 0 Å². The molecule has 2 rings (SSSR count). The molecule has 0 heterocycles. The molecule has 7 heteroatoms. The fraction of sp³-hybridized carbons (Fsp3) is 0.571. The standard InChI is InChI=1S/C14H21FN2O3S/c1-8-7-10(15)13(16)9(2)14(8)21(18,19)17-11-5-4-6-12(11)20-3/h7,11-12,17H,4-6,16H2,1-3H3. The van der Waals surface area contributed by atoms with E-state index in [4.69, 9.17) is 10.5 Å². The summed E-state index contributed by atoms with van der Waals surface area (Å²) in [7, 11) is -2.19. The van der Waals surface area contributed by atoms with Gasteiger partial charge in [-0.2, -0.15) is 0 Å². The van der Waals surface area contributed by atoms with Crippen molar-refractivity contribution in [1.82, 2.24) is 4.72 Å². The molecule has 1 aliphatic carbocycles. The molecular formula is C14H21FN2O3S. The van der Waals surface area contributed by atoms with Crippen LogP contribution in [0.1, 0.15) is 30.4 Å². The van der Waals surface area contributed by atoms with Crippen LogP contribution in [0.5, 0.6) is 0 Å². The number of rotatable bonds is 4. The van der Waals surface area contributed by atoms with Gasteiger partial charge in [0.25, 0.3) is 0 Å². The Bertz CT molecular complexity index is 646. The highest BCUT2D eigenvalue weighted by atomic mass is 32.2. The molecule has 1 aliphatic rings. The van der Waals surface area contributed by atoms with E-state index in [1.165, 1.54) is 6.92 Å². The average molecular weight is 316 g/mol. The predicted octanol–water partition coefficient (Wildman–Crippen LogP) is 1.87. The molecule has 0 saturated heterocycles. The third-order valence-electron chi connectivity index (χ3n) is 4.03. The van der Waals surface area contributed by atoms with E-state index in [9.17, 15) is 12.8 Å². The van der Waals surface area contributed by atoms with Crippen molar-refractivity contribution >= 4 is 15.7 Å². The summed E-state index contributed by atoms with van der Waals surface area (Å²) in [6.45, 7) is 3.08. The quantitative estimate of drug-likeness (QED) is 0.831. The van der Waals surface area contributed by atoms with Crippen LogP contribution in [0.15, 0.2) is 11.0 Å². The minimum absolute atomic E-state index is 0.0585. The maximum absolute atomic E-state index is 13.6. The third-order valence-corrected chi connectivity index (χ3v) is 5.81. The molecule has 1 aromatic rings. The molecule has 1 aromatic carbocycles. The van der Waals surface area contributed by atoms with Gasteiger partial charge in [-0.15, -0.1) is 0 Å². The van der Waals surface area contributed by atoms with E-state index >= 15 is 0 Å². The molecular weight excluding hydrogens is 295 g/mol. The predicted molar refractivity (Wildman–Crippen MR) is 79.0 cm³/mol. The largest absolute Gasteiger partial charge is 0.396 e. The molecule has 118 valence electrons. The highest BCUT2D eigenvalue weighted by Gasteiger charge is 2.33. The van der Waals surface area contributed by atoms with E-state index in [1.807, 2.05) is 0 Å². The van der Waals surface area contributed by atoms with Crippen molar-refractivity contribution in [2.24, 2.45) is 0 Å². The van der Waals surface area contributed by atoms with Crippen LogP contribution < -0.4 is 10.5 Å². The third kappa shape index (κ3) is 3.04. The summed E-state index contributed by atoms with van der Waals surface area (Å²) in [5.41, 5.74) is 6.08. The number of methoxy groups -OCH3 is 1. The van der Waals surface area contributed by atoms with Gasteiger partial charge in [-0.3, -0.25) is 0 Å². The lowest BCUT2D eigenvalue weighted by Gasteiger charge is -2.21. The van der Waals surface area contributed by atoms with Crippen LogP contribution in [0.4, 0.5) is 10.1 Å². The van der Waals surface area contributed by atoms with Crippen molar-refractivity contribution in [2.45, 2.75) is 50.2 Å². The van der Waals surface area contributed by atoms with Gasteiger partial charge in [-0.1, -0.05) is 0 Å². The van der Waals surface area contributed by atoms with Crippen LogP contribution in [0.2, 0.25) is 0 Å². The highest BCUT2D eigenvalue weighted by Crippen LogP contribution is 2.29. The lowest BCUT2D eigenvalue weighted by Crippen LogP contribution is -2.41. The monoisotopic (exact) mass is 316 g/mol. The maximum Gasteiger partial charge on any atom is 0.241 e. The van der Waals surface area contributed by atoms with Gasteiger partial charge in [0.05, 0.1) is 16.7 Å². The van der Waals surface area contributed by atoms with Gasteiger partial charge in [0.15, 0.2) is 0 Å². The number of benzene rings is 1. The van der Waals surface area contributed by atoms with E-state index in [1.54, 1.807) is 14.0 Å². The number of nitrogens with one attached hydrogen (secondary N) is 1. The number of halogens is 1. The molecule has 0 aromatic heterocycles. The second-order valence-electron chi connectivity index (χ2n) is 5.48. The van der Waals surface area contributed by atoms with Crippen molar-refractivity contribution in [3.63, 3.8) is 0 Å². The number of hydrogen-bond donors (Lipinski definition) is 2. The van der Waals surface area contributed by atoms with Crippen LogP contribution in [0, 0.1) is 19.7 Å². The molecule has 5 nitrogen and oxygen atoms in total. The lowest BCUT2D eigenvalue weighted by molar-refractivity contribution is 0.0916. The molecule has 0 amide bonds. The molecule has 0 bridgehead atoms. The number of sulfonamides is 1. The summed E-state index contributed by atoms with van der Waals surface area (Å²) in [4.78, 5) is 0.0585. The molecule has 1 fully saturated rings. The second-order valence-corrected chi connectivity index (χ2v) is 7.13. The summed E-state index contributed by atoms with van der Waals surface area (Å²) in [6.07, 6.45) is 2.34. The Hall–Kier alpha value is -1.18. The van der Waals surface area contributed by atoms with E-state index < -0.39 is 15.8 Å². The Morgan fingerprint density at radius 1 is 1.38 bits per heavy atom. The molecule has 21 heavy (non-hydrogen) atoms. The van der Waals surface area contributed by atoms with E-state index in [2.05, 4.69) is 4.72 Å². The second kappa shape index (κ2) is 5.90. The topological polar surface area (TPSA) is 81.4 Å². The number of aryl methyl sites for hydroxylation is 1. The fourth-order valence-corrected chi connectivity index (χ4v) is 4.73.